The normalized spacial score (nSPS) is 13.1. The summed E-state index contributed by atoms with van der Waals surface area (Å²) < 4.78 is 9.58. The number of ether oxygens (including phenoxy) is 2. The maximum absolute atomic E-state index is 11.4. The fraction of sp³-hybridized carbons (Fsp3) is 0.800. The number of hydrogen-bond donors (Lipinski definition) is 1. The molecule has 0 aliphatic heterocycles. The topological polar surface area (TPSA) is 72.8 Å². The first kappa shape index (κ1) is 13.9. The lowest BCUT2D eigenvalue weighted by Crippen LogP contribution is -2.33. The van der Waals surface area contributed by atoms with E-state index in [1.807, 2.05) is 0 Å². The summed E-state index contributed by atoms with van der Waals surface area (Å²) in [5, 5.41) is 8.89. The Hall–Kier alpha value is -1.10. The van der Waals surface area contributed by atoms with Gasteiger partial charge in [0.15, 0.2) is 6.10 Å². The average Bonchev–Trinajstić information content (AvgIpc) is 2.09. The lowest BCUT2D eigenvalue weighted by Gasteiger charge is -2.21. The van der Waals surface area contributed by atoms with E-state index in [4.69, 9.17) is 9.84 Å². The van der Waals surface area contributed by atoms with Crippen molar-refractivity contribution in [3.8, 4) is 0 Å². The maximum atomic E-state index is 11.4. The molecule has 5 heteroatoms. The van der Waals surface area contributed by atoms with Gasteiger partial charge >= 0.3 is 11.9 Å². The maximum Gasteiger partial charge on any atom is 0.311 e. The highest BCUT2D eigenvalue weighted by atomic mass is 16.6. The standard InChI is InChI=1S/C10H18O5/c1-7(12)14-6-8(5-11)15-9(13)10(2,3)4/h8,11H,5-6H2,1-4H3/t8-/m0/s1. The minimum absolute atomic E-state index is 0.117. The van der Waals surface area contributed by atoms with Crippen LogP contribution in [0.4, 0.5) is 0 Å². The van der Waals surface area contributed by atoms with Gasteiger partial charge in [0, 0.05) is 6.92 Å². The number of carbonyl (C=O) groups is 2. The Kier molecular flexibility index (Phi) is 5.28. The van der Waals surface area contributed by atoms with E-state index in [2.05, 4.69) is 4.74 Å². The minimum atomic E-state index is -0.791. The number of carbonyl (C=O) groups excluding carboxylic acids is 2. The molecule has 0 aliphatic carbocycles. The molecule has 0 saturated heterocycles. The van der Waals surface area contributed by atoms with Crippen molar-refractivity contribution in [2.75, 3.05) is 13.2 Å². The molecule has 0 heterocycles. The van der Waals surface area contributed by atoms with Crippen LogP contribution in [0.2, 0.25) is 0 Å². The summed E-state index contributed by atoms with van der Waals surface area (Å²) in [6.07, 6.45) is -0.791. The number of hydrogen-bond acceptors (Lipinski definition) is 5. The lowest BCUT2D eigenvalue weighted by atomic mass is 9.97. The Morgan fingerprint density at radius 1 is 1.33 bits per heavy atom. The van der Waals surface area contributed by atoms with Gasteiger partial charge in [-0.25, -0.2) is 0 Å². The Morgan fingerprint density at radius 2 is 1.87 bits per heavy atom. The van der Waals surface area contributed by atoms with E-state index in [1.54, 1.807) is 20.8 Å². The van der Waals surface area contributed by atoms with Crippen molar-refractivity contribution >= 4 is 11.9 Å². The van der Waals surface area contributed by atoms with Gasteiger partial charge in [0.1, 0.15) is 6.61 Å². The van der Waals surface area contributed by atoms with Crippen molar-refractivity contribution in [1.82, 2.24) is 0 Å². The van der Waals surface area contributed by atoms with E-state index in [0.29, 0.717) is 0 Å². The highest BCUT2D eigenvalue weighted by Gasteiger charge is 2.26. The molecule has 5 nitrogen and oxygen atoms in total. The SMILES string of the molecule is CC(=O)OC[C@H](CO)OC(=O)C(C)(C)C. The molecular formula is C10H18O5. The van der Waals surface area contributed by atoms with Gasteiger partial charge in [0.2, 0.25) is 0 Å². The van der Waals surface area contributed by atoms with Crippen LogP contribution in [0.25, 0.3) is 0 Å². The van der Waals surface area contributed by atoms with Gasteiger partial charge in [-0.3, -0.25) is 9.59 Å². The molecule has 1 N–H and O–H groups in total. The molecule has 0 saturated carbocycles. The second kappa shape index (κ2) is 5.70. The zero-order valence-corrected chi connectivity index (χ0v) is 9.57. The van der Waals surface area contributed by atoms with Crippen LogP contribution in [-0.4, -0.2) is 36.4 Å². The predicted octanol–water partition coefficient (Wildman–Crippen LogP) is 0.500. The summed E-state index contributed by atoms with van der Waals surface area (Å²) in [6, 6.07) is 0. The smallest absolute Gasteiger partial charge is 0.311 e. The highest BCUT2D eigenvalue weighted by Crippen LogP contribution is 2.16. The fourth-order valence-electron chi connectivity index (χ4n) is 0.662. The van der Waals surface area contributed by atoms with Gasteiger partial charge in [-0.1, -0.05) is 0 Å². The van der Waals surface area contributed by atoms with Crippen LogP contribution in [0.15, 0.2) is 0 Å². The van der Waals surface area contributed by atoms with Gasteiger partial charge in [-0.2, -0.15) is 0 Å². The molecule has 0 bridgehead atoms. The summed E-state index contributed by atoms with van der Waals surface area (Å²) in [4.78, 5) is 21.9. The number of aliphatic hydroxyl groups excluding tert-OH is 1. The lowest BCUT2D eigenvalue weighted by molar-refractivity contribution is -0.167. The number of aliphatic hydroxyl groups is 1. The number of rotatable bonds is 4. The van der Waals surface area contributed by atoms with Crippen molar-refractivity contribution in [3.05, 3.63) is 0 Å². The molecule has 0 aromatic heterocycles. The van der Waals surface area contributed by atoms with Gasteiger partial charge in [-0.15, -0.1) is 0 Å². The molecule has 15 heavy (non-hydrogen) atoms. The Morgan fingerprint density at radius 3 is 2.20 bits per heavy atom. The third-order valence-electron chi connectivity index (χ3n) is 1.56. The zero-order chi connectivity index (χ0) is 12.1. The van der Waals surface area contributed by atoms with Gasteiger partial charge in [0.05, 0.1) is 12.0 Å². The minimum Gasteiger partial charge on any atom is -0.462 e. The van der Waals surface area contributed by atoms with Crippen LogP contribution in [0.5, 0.6) is 0 Å². The monoisotopic (exact) mass is 218 g/mol. The molecule has 0 fully saturated rings. The first-order chi connectivity index (χ1) is 6.77. The van der Waals surface area contributed by atoms with Gasteiger partial charge < -0.3 is 14.6 Å². The van der Waals surface area contributed by atoms with Crippen LogP contribution < -0.4 is 0 Å². The molecule has 0 spiro atoms. The predicted molar refractivity (Wildman–Crippen MR) is 53.1 cm³/mol. The third-order valence-corrected chi connectivity index (χ3v) is 1.56. The highest BCUT2D eigenvalue weighted by molar-refractivity contribution is 5.75. The average molecular weight is 218 g/mol. The second-order valence-electron chi connectivity index (χ2n) is 4.26. The van der Waals surface area contributed by atoms with Crippen LogP contribution in [0.3, 0.4) is 0 Å². The van der Waals surface area contributed by atoms with E-state index in [1.165, 1.54) is 6.92 Å². The zero-order valence-electron chi connectivity index (χ0n) is 9.57. The summed E-state index contributed by atoms with van der Waals surface area (Å²) in [5.74, 6) is -0.908. The molecule has 0 unspecified atom stereocenters. The summed E-state index contributed by atoms with van der Waals surface area (Å²) in [6.45, 7) is 5.88. The second-order valence-corrected chi connectivity index (χ2v) is 4.26. The van der Waals surface area contributed by atoms with Crippen molar-refractivity contribution in [3.63, 3.8) is 0 Å². The van der Waals surface area contributed by atoms with Crippen LogP contribution in [-0.2, 0) is 19.1 Å². The molecule has 0 aliphatic rings. The fourth-order valence-corrected chi connectivity index (χ4v) is 0.662. The first-order valence-corrected chi connectivity index (χ1v) is 4.72. The molecule has 0 aromatic carbocycles. The van der Waals surface area contributed by atoms with E-state index < -0.39 is 23.5 Å². The van der Waals surface area contributed by atoms with Gasteiger partial charge in [-0.05, 0) is 20.8 Å². The first-order valence-electron chi connectivity index (χ1n) is 4.72. The molecular weight excluding hydrogens is 200 g/mol. The summed E-state index contributed by atoms with van der Waals surface area (Å²) in [5.41, 5.74) is -0.635. The Balaban J connectivity index is 4.10. The molecule has 88 valence electrons. The van der Waals surface area contributed by atoms with Crippen LogP contribution in [0, 0.1) is 5.41 Å². The quantitative estimate of drug-likeness (QED) is 0.695. The van der Waals surface area contributed by atoms with Crippen LogP contribution in [0.1, 0.15) is 27.7 Å². The van der Waals surface area contributed by atoms with Crippen molar-refractivity contribution < 1.29 is 24.2 Å². The van der Waals surface area contributed by atoms with Crippen molar-refractivity contribution in [2.24, 2.45) is 5.41 Å². The summed E-state index contributed by atoms with van der Waals surface area (Å²) in [7, 11) is 0. The van der Waals surface area contributed by atoms with E-state index in [0.717, 1.165) is 0 Å². The Labute approximate surface area is 89.4 Å². The van der Waals surface area contributed by atoms with Crippen LogP contribution >= 0.6 is 0 Å². The largest absolute Gasteiger partial charge is 0.462 e. The molecule has 0 radical (unpaired) electrons. The molecule has 1 atom stereocenters. The van der Waals surface area contributed by atoms with Crippen molar-refractivity contribution in [2.45, 2.75) is 33.8 Å². The van der Waals surface area contributed by atoms with E-state index in [-0.39, 0.29) is 13.2 Å². The molecule has 0 amide bonds. The summed E-state index contributed by atoms with van der Waals surface area (Å²) >= 11 is 0. The molecule has 0 aromatic rings. The number of esters is 2. The molecule has 0 rings (SSSR count). The van der Waals surface area contributed by atoms with Gasteiger partial charge in [0.25, 0.3) is 0 Å². The Bertz CT molecular complexity index is 228. The van der Waals surface area contributed by atoms with E-state index in [9.17, 15) is 9.59 Å². The van der Waals surface area contributed by atoms with Crippen molar-refractivity contribution in [1.29, 1.82) is 0 Å². The van der Waals surface area contributed by atoms with E-state index >= 15 is 0 Å². The third kappa shape index (κ3) is 6.06.